The Morgan fingerprint density at radius 3 is 2.34 bits per heavy atom. The molecular weight excluding hydrogens is 386 g/mol. The highest BCUT2D eigenvalue weighted by Gasteiger charge is 2.29. The van der Waals surface area contributed by atoms with Gasteiger partial charge in [0.1, 0.15) is 4.90 Å². The SMILES string of the molecule is CCCN(Cc1ccccc1)C(=O)Nc1ccccc1S(=O)(=O)N1CCCCC1. The number of amides is 2. The van der Waals surface area contributed by atoms with Crippen LogP contribution in [0.4, 0.5) is 10.5 Å². The molecule has 6 nitrogen and oxygen atoms in total. The number of rotatable bonds is 7. The standard InChI is InChI=1S/C22H29N3O3S/c1-2-15-24(18-19-11-5-3-6-12-19)22(26)23-20-13-7-8-14-21(20)29(27,28)25-16-9-4-10-17-25/h3,5-8,11-14H,2,4,9-10,15-18H2,1H3,(H,23,26). The first-order chi connectivity index (χ1) is 14.0. The van der Waals surface area contributed by atoms with E-state index in [1.807, 2.05) is 37.3 Å². The lowest BCUT2D eigenvalue weighted by molar-refractivity contribution is 0.209. The maximum absolute atomic E-state index is 13.1. The number of benzene rings is 2. The molecule has 0 spiro atoms. The second kappa shape index (κ2) is 9.89. The van der Waals surface area contributed by atoms with E-state index in [-0.39, 0.29) is 10.9 Å². The molecule has 0 saturated carbocycles. The summed E-state index contributed by atoms with van der Waals surface area (Å²) in [6, 6.07) is 16.1. The maximum Gasteiger partial charge on any atom is 0.322 e. The van der Waals surface area contributed by atoms with Crippen LogP contribution in [0.2, 0.25) is 0 Å². The minimum atomic E-state index is -3.64. The number of carbonyl (C=O) groups excluding carboxylic acids is 1. The van der Waals surface area contributed by atoms with Crippen LogP contribution in [0.25, 0.3) is 0 Å². The molecule has 0 bridgehead atoms. The second-order valence-corrected chi connectivity index (χ2v) is 9.20. The van der Waals surface area contributed by atoms with Crippen molar-refractivity contribution < 1.29 is 13.2 Å². The molecule has 0 unspecified atom stereocenters. The summed E-state index contributed by atoms with van der Waals surface area (Å²) in [5.74, 6) is 0. The van der Waals surface area contributed by atoms with Gasteiger partial charge >= 0.3 is 6.03 Å². The van der Waals surface area contributed by atoms with Crippen molar-refractivity contribution >= 4 is 21.7 Å². The largest absolute Gasteiger partial charge is 0.322 e. The first kappa shape index (κ1) is 21.3. The zero-order valence-corrected chi connectivity index (χ0v) is 17.7. The highest BCUT2D eigenvalue weighted by molar-refractivity contribution is 7.89. The molecule has 156 valence electrons. The second-order valence-electron chi connectivity index (χ2n) is 7.30. The third-order valence-corrected chi connectivity index (χ3v) is 7.02. The molecule has 2 amide bonds. The van der Waals surface area contributed by atoms with Gasteiger partial charge in [-0.1, -0.05) is 55.8 Å². The minimum absolute atomic E-state index is 0.159. The number of piperidine rings is 1. The molecule has 0 atom stereocenters. The lowest BCUT2D eigenvalue weighted by Crippen LogP contribution is -2.37. The third kappa shape index (κ3) is 5.36. The highest BCUT2D eigenvalue weighted by atomic mass is 32.2. The van der Waals surface area contributed by atoms with Crippen LogP contribution < -0.4 is 5.32 Å². The number of nitrogens with zero attached hydrogens (tertiary/aromatic N) is 2. The van der Waals surface area contributed by atoms with Gasteiger partial charge in [-0.05, 0) is 37.0 Å². The lowest BCUT2D eigenvalue weighted by atomic mass is 10.2. The zero-order chi connectivity index (χ0) is 20.7. The first-order valence-corrected chi connectivity index (χ1v) is 11.7. The van der Waals surface area contributed by atoms with Crippen molar-refractivity contribution in [2.45, 2.75) is 44.0 Å². The molecule has 1 heterocycles. The Hall–Kier alpha value is -2.38. The van der Waals surface area contributed by atoms with Crippen molar-refractivity contribution in [2.75, 3.05) is 25.0 Å². The number of hydrogen-bond donors (Lipinski definition) is 1. The smallest absolute Gasteiger partial charge is 0.320 e. The maximum atomic E-state index is 13.1. The number of nitrogens with one attached hydrogen (secondary N) is 1. The molecular formula is C22H29N3O3S. The Kier molecular flexibility index (Phi) is 7.28. The van der Waals surface area contributed by atoms with Gasteiger partial charge < -0.3 is 10.2 Å². The topological polar surface area (TPSA) is 69.7 Å². The number of carbonyl (C=O) groups is 1. The quantitative estimate of drug-likeness (QED) is 0.733. The molecule has 2 aromatic rings. The van der Waals surface area contributed by atoms with Crippen LogP contribution in [-0.4, -0.2) is 43.3 Å². The van der Waals surface area contributed by atoms with Gasteiger partial charge in [-0.2, -0.15) is 4.31 Å². The molecule has 7 heteroatoms. The average molecular weight is 416 g/mol. The van der Waals surface area contributed by atoms with Gasteiger partial charge in [0.15, 0.2) is 0 Å². The fourth-order valence-corrected chi connectivity index (χ4v) is 5.22. The van der Waals surface area contributed by atoms with Gasteiger partial charge in [0.2, 0.25) is 10.0 Å². The normalized spacial score (nSPS) is 15.1. The summed E-state index contributed by atoms with van der Waals surface area (Å²) in [7, 11) is -3.64. The van der Waals surface area contributed by atoms with Crippen LogP contribution in [0.1, 0.15) is 38.2 Å². The Morgan fingerprint density at radius 2 is 1.66 bits per heavy atom. The van der Waals surface area contributed by atoms with Gasteiger partial charge in [0, 0.05) is 26.2 Å². The van der Waals surface area contributed by atoms with Gasteiger partial charge in [-0.15, -0.1) is 0 Å². The number of hydrogen-bond acceptors (Lipinski definition) is 3. The molecule has 1 aliphatic heterocycles. The van der Waals surface area contributed by atoms with Gasteiger partial charge in [-0.3, -0.25) is 0 Å². The van der Waals surface area contributed by atoms with Crippen LogP contribution in [-0.2, 0) is 16.6 Å². The van der Waals surface area contributed by atoms with Gasteiger partial charge in [0.25, 0.3) is 0 Å². The summed E-state index contributed by atoms with van der Waals surface area (Å²) >= 11 is 0. The van der Waals surface area contributed by atoms with Gasteiger partial charge in [-0.25, -0.2) is 13.2 Å². The molecule has 0 aliphatic carbocycles. The van der Waals surface area contributed by atoms with Crippen molar-refractivity contribution in [1.82, 2.24) is 9.21 Å². The van der Waals surface area contributed by atoms with E-state index in [1.54, 1.807) is 29.2 Å². The monoisotopic (exact) mass is 415 g/mol. The van der Waals surface area contributed by atoms with E-state index in [9.17, 15) is 13.2 Å². The van der Waals surface area contributed by atoms with Crippen molar-refractivity contribution in [3.05, 3.63) is 60.2 Å². The van der Waals surface area contributed by atoms with E-state index in [0.717, 1.165) is 31.2 Å². The van der Waals surface area contributed by atoms with Crippen molar-refractivity contribution in [2.24, 2.45) is 0 Å². The molecule has 0 radical (unpaired) electrons. The predicted molar refractivity (Wildman–Crippen MR) is 115 cm³/mol. The van der Waals surface area contributed by atoms with E-state index in [1.165, 1.54) is 4.31 Å². The molecule has 1 saturated heterocycles. The molecule has 1 fully saturated rings. The number of sulfonamides is 1. The van der Waals surface area contributed by atoms with Crippen molar-refractivity contribution in [3.8, 4) is 0 Å². The highest BCUT2D eigenvalue weighted by Crippen LogP contribution is 2.27. The summed E-state index contributed by atoms with van der Waals surface area (Å²) in [6.45, 7) is 4.13. The predicted octanol–water partition coefficient (Wildman–Crippen LogP) is 4.31. The van der Waals surface area contributed by atoms with E-state index in [0.29, 0.717) is 31.9 Å². The van der Waals surface area contributed by atoms with E-state index in [2.05, 4.69) is 5.32 Å². The number of para-hydroxylation sites is 1. The minimum Gasteiger partial charge on any atom is -0.320 e. The van der Waals surface area contributed by atoms with Gasteiger partial charge in [0.05, 0.1) is 5.69 Å². The molecule has 29 heavy (non-hydrogen) atoms. The summed E-state index contributed by atoms with van der Waals surface area (Å²) in [6.07, 6.45) is 3.61. The van der Waals surface area contributed by atoms with Crippen LogP contribution in [0.15, 0.2) is 59.5 Å². The van der Waals surface area contributed by atoms with Crippen LogP contribution in [0.3, 0.4) is 0 Å². The Balaban J connectivity index is 1.80. The average Bonchev–Trinajstić information content (AvgIpc) is 2.75. The summed E-state index contributed by atoms with van der Waals surface area (Å²) < 4.78 is 27.8. The Labute approximate surface area is 173 Å². The molecule has 0 aromatic heterocycles. The third-order valence-electron chi connectivity index (χ3n) is 5.06. The van der Waals surface area contributed by atoms with Crippen LogP contribution in [0, 0.1) is 0 Å². The summed E-state index contributed by atoms with van der Waals surface area (Å²) in [5, 5.41) is 2.84. The van der Waals surface area contributed by atoms with Crippen LogP contribution in [0.5, 0.6) is 0 Å². The molecule has 3 rings (SSSR count). The van der Waals surface area contributed by atoms with E-state index < -0.39 is 10.0 Å². The van der Waals surface area contributed by atoms with Crippen LogP contribution >= 0.6 is 0 Å². The molecule has 2 aromatic carbocycles. The van der Waals surface area contributed by atoms with Crippen molar-refractivity contribution in [3.63, 3.8) is 0 Å². The lowest BCUT2D eigenvalue weighted by Gasteiger charge is -2.27. The zero-order valence-electron chi connectivity index (χ0n) is 16.9. The summed E-state index contributed by atoms with van der Waals surface area (Å²) in [5.41, 5.74) is 1.36. The van der Waals surface area contributed by atoms with E-state index in [4.69, 9.17) is 0 Å². The fourth-order valence-electron chi connectivity index (χ4n) is 3.56. The van der Waals surface area contributed by atoms with Crippen molar-refractivity contribution in [1.29, 1.82) is 0 Å². The summed E-state index contributed by atoms with van der Waals surface area (Å²) in [4.78, 5) is 14.8. The first-order valence-electron chi connectivity index (χ1n) is 10.2. The molecule has 1 N–H and O–H groups in total. The molecule has 1 aliphatic rings. The number of anilines is 1. The number of urea groups is 1. The fraction of sp³-hybridized carbons (Fsp3) is 0.409. The van der Waals surface area contributed by atoms with E-state index >= 15 is 0 Å². The Bertz CT molecular complexity index is 910. The Morgan fingerprint density at radius 1 is 1.00 bits per heavy atom.